The minimum Gasteiger partial charge on any atom is -0.508 e. The van der Waals surface area contributed by atoms with E-state index in [2.05, 4.69) is 0 Å². The quantitative estimate of drug-likeness (QED) is 0.254. The standard InChI is InChI=1S/C32H38O6S2/c1-38-32-28(36)12-7-20-5-10-24(35)17-29(37)21-8-13-30(22(15-21)3-2-14-33)40-39-18-27-25(31(20)32)11-6-19-4-9-23(34)16-26(19)27/h4,6-7,9,11-12,16,21-22,29-30,33-34,36-37H,2-3,5,8,10,13-15,17-18H2,1H3. The van der Waals surface area contributed by atoms with Gasteiger partial charge in [0, 0.05) is 36.0 Å². The number of phenolic OH excluding ortho intramolecular Hbond substituents is 2. The summed E-state index contributed by atoms with van der Waals surface area (Å²) in [6, 6.07) is 12.9. The van der Waals surface area contributed by atoms with Gasteiger partial charge in [0.05, 0.1) is 13.2 Å². The zero-order chi connectivity index (χ0) is 28.2. The second kappa shape index (κ2) is 13.1. The van der Waals surface area contributed by atoms with Gasteiger partial charge in [0.1, 0.15) is 11.5 Å². The molecule has 0 spiro atoms. The van der Waals surface area contributed by atoms with Crippen LogP contribution in [0.3, 0.4) is 0 Å². The number of ether oxygens (including phenoxy) is 1. The Kier molecular flexibility index (Phi) is 9.51. The number of phenols is 2. The molecule has 6 nitrogen and oxygen atoms in total. The van der Waals surface area contributed by atoms with E-state index in [1.165, 1.54) is 7.11 Å². The van der Waals surface area contributed by atoms with Crippen molar-refractivity contribution in [1.82, 2.24) is 0 Å². The molecule has 214 valence electrons. The number of Topliss-reactive ketones (excluding diaryl/α,β-unsaturated/α-hetero) is 1. The van der Waals surface area contributed by atoms with Gasteiger partial charge < -0.3 is 25.2 Å². The molecule has 6 rings (SSSR count). The smallest absolute Gasteiger partial charge is 0.168 e. The number of benzene rings is 3. The van der Waals surface area contributed by atoms with Gasteiger partial charge in [-0.1, -0.05) is 45.9 Å². The molecule has 3 aliphatic rings. The fraction of sp³-hybridized carbons (Fsp3) is 0.469. The SMILES string of the molecule is COc1c(O)ccc2c1-c1ccc3ccc(O)cc3c1CSSC1CCC(CC1CCCO)C(O)CC(=O)CC2. The van der Waals surface area contributed by atoms with E-state index >= 15 is 0 Å². The summed E-state index contributed by atoms with van der Waals surface area (Å²) in [4.78, 5) is 13.1. The summed E-state index contributed by atoms with van der Waals surface area (Å²) in [5.74, 6) is 1.76. The highest BCUT2D eigenvalue weighted by Crippen LogP contribution is 2.49. The van der Waals surface area contributed by atoms with E-state index in [4.69, 9.17) is 4.74 Å². The van der Waals surface area contributed by atoms with E-state index in [0.717, 1.165) is 65.1 Å². The fourth-order valence-corrected chi connectivity index (χ4v) is 9.59. The first-order valence-corrected chi connectivity index (χ1v) is 16.5. The Labute approximate surface area is 243 Å². The Balaban J connectivity index is 1.62. The number of aromatic hydroxyl groups is 2. The normalized spacial score (nSPS) is 24.0. The average molecular weight is 583 g/mol. The molecule has 1 fully saturated rings. The van der Waals surface area contributed by atoms with E-state index in [-0.39, 0.29) is 42.6 Å². The molecule has 0 aromatic heterocycles. The predicted molar refractivity (Wildman–Crippen MR) is 163 cm³/mol. The van der Waals surface area contributed by atoms with Crippen molar-refractivity contribution in [1.29, 1.82) is 0 Å². The number of ketones is 1. The Hall–Kier alpha value is -2.39. The third-order valence-corrected chi connectivity index (χ3v) is 11.5. The minimum absolute atomic E-state index is 0.0280. The molecule has 0 radical (unpaired) electrons. The van der Waals surface area contributed by atoms with Gasteiger partial charge in [0.15, 0.2) is 11.5 Å². The van der Waals surface area contributed by atoms with Crippen LogP contribution >= 0.6 is 21.6 Å². The number of aryl methyl sites for hydroxylation is 1. The molecule has 8 heteroatoms. The molecule has 1 aliphatic carbocycles. The number of fused-ring (bicyclic) bond motifs is 9. The molecule has 40 heavy (non-hydrogen) atoms. The number of hydrogen-bond acceptors (Lipinski definition) is 8. The van der Waals surface area contributed by atoms with Gasteiger partial charge in [-0.05, 0) is 96.0 Å². The fourth-order valence-electron chi connectivity index (χ4n) is 6.44. The van der Waals surface area contributed by atoms with Crippen LogP contribution in [-0.2, 0) is 17.0 Å². The van der Waals surface area contributed by atoms with Gasteiger partial charge in [0.2, 0.25) is 0 Å². The topological polar surface area (TPSA) is 107 Å². The highest BCUT2D eigenvalue weighted by Gasteiger charge is 2.35. The molecule has 4 atom stereocenters. The maximum absolute atomic E-state index is 13.1. The Morgan fingerprint density at radius 1 is 1.05 bits per heavy atom. The van der Waals surface area contributed by atoms with Crippen molar-refractivity contribution in [2.45, 2.75) is 68.5 Å². The second-order valence-corrected chi connectivity index (χ2v) is 13.7. The van der Waals surface area contributed by atoms with Crippen molar-refractivity contribution >= 4 is 38.1 Å². The lowest BCUT2D eigenvalue weighted by molar-refractivity contribution is -0.122. The van der Waals surface area contributed by atoms with Gasteiger partial charge in [-0.2, -0.15) is 0 Å². The summed E-state index contributed by atoms with van der Waals surface area (Å²) < 4.78 is 5.72. The van der Waals surface area contributed by atoms with Crippen LogP contribution in [0, 0.1) is 11.8 Å². The lowest BCUT2D eigenvalue weighted by Crippen LogP contribution is -2.34. The first-order valence-electron chi connectivity index (χ1n) is 14.1. The number of carbonyl (C=O) groups excluding carboxylic acids is 1. The van der Waals surface area contributed by atoms with Gasteiger partial charge in [-0.15, -0.1) is 0 Å². The van der Waals surface area contributed by atoms with E-state index in [0.29, 0.717) is 29.1 Å². The number of hydrogen-bond donors (Lipinski definition) is 4. The summed E-state index contributed by atoms with van der Waals surface area (Å²) in [6.07, 6.45) is 4.63. The molecule has 2 aliphatic heterocycles. The van der Waals surface area contributed by atoms with Crippen LogP contribution in [0.1, 0.15) is 56.1 Å². The third-order valence-electron chi connectivity index (χ3n) is 8.55. The molecule has 1 saturated carbocycles. The summed E-state index contributed by atoms with van der Waals surface area (Å²) >= 11 is 0. The summed E-state index contributed by atoms with van der Waals surface area (Å²) in [7, 11) is 5.20. The first-order chi connectivity index (χ1) is 19.4. The maximum Gasteiger partial charge on any atom is 0.168 e. The summed E-state index contributed by atoms with van der Waals surface area (Å²) in [5.41, 5.74) is 3.62. The van der Waals surface area contributed by atoms with Crippen LogP contribution in [0.2, 0.25) is 0 Å². The Bertz CT molecular complexity index is 1360. The minimum atomic E-state index is -0.649. The van der Waals surface area contributed by atoms with Crippen molar-refractivity contribution in [3.05, 3.63) is 53.6 Å². The van der Waals surface area contributed by atoms with Crippen molar-refractivity contribution in [2.75, 3.05) is 13.7 Å². The molecule has 3 aromatic carbocycles. The molecule has 0 amide bonds. The molecular weight excluding hydrogens is 544 g/mol. The zero-order valence-corrected chi connectivity index (χ0v) is 24.5. The molecule has 4 unspecified atom stereocenters. The van der Waals surface area contributed by atoms with E-state index < -0.39 is 6.10 Å². The highest BCUT2D eigenvalue weighted by molar-refractivity contribution is 8.76. The van der Waals surface area contributed by atoms with Crippen LogP contribution in [0.15, 0.2) is 42.5 Å². The van der Waals surface area contributed by atoms with Gasteiger partial charge in [-0.3, -0.25) is 4.79 Å². The Morgan fingerprint density at radius 2 is 1.88 bits per heavy atom. The van der Waals surface area contributed by atoms with Crippen LogP contribution in [0.4, 0.5) is 0 Å². The number of rotatable bonds is 4. The largest absolute Gasteiger partial charge is 0.508 e. The van der Waals surface area contributed by atoms with Gasteiger partial charge in [-0.25, -0.2) is 0 Å². The molecule has 0 saturated heterocycles. The van der Waals surface area contributed by atoms with Crippen LogP contribution < -0.4 is 4.74 Å². The van der Waals surface area contributed by atoms with Crippen molar-refractivity contribution in [2.24, 2.45) is 11.8 Å². The monoisotopic (exact) mass is 582 g/mol. The lowest BCUT2D eigenvalue weighted by atomic mass is 9.75. The number of carbonyl (C=O) groups is 1. The third kappa shape index (κ3) is 6.25. The van der Waals surface area contributed by atoms with E-state index in [1.807, 2.05) is 35.1 Å². The first kappa shape index (κ1) is 29.1. The Morgan fingerprint density at radius 3 is 2.67 bits per heavy atom. The van der Waals surface area contributed by atoms with Crippen LogP contribution in [-0.4, -0.2) is 51.3 Å². The lowest BCUT2D eigenvalue weighted by Gasteiger charge is -2.37. The van der Waals surface area contributed by atoms with Gasteiger partial charge in [0.25, 0.3) is 0 Å². The molecule has 2 bridgehead atoms. The van der Waals surface area contributed by atoms with Crippen molar-refractivity contribution < 1.29 is 30.0 Å². The highest BCUT2D eigenvalue weighted by atomic mass is 33.1. The molecule has 2 heterocycles. The summed E-state index contributed by atoms with van der Waals surface area (Å²) in [6.45, 7) is 0.156. The van der Waals surface area contributed by atoms with E-state index in [1.54, 1.807) is 29.0 Å². The molecule has 3 aromatic rings. The van der Waals surface area contributed by atoms with Crippen LogP contribution in [0.25, 0.3) is 21.9 Å². The van der Waals surface area contributed by atoms with Crippen LogP contribution in [0.5, 0.6) is 17.2 Å². The van der Waals surface area contributed by atoms with Crippen molar-refractivity contribution in [3.63, 3.8) is 0 Å². The number of aliphatic hydroxyl groups excluding tert-OH is 2. The maximum atomic E-state index is 13.1. The zero-order valence-electron chi connectivity index (χ0n) is 22.8. The van der Waals surface area contributed by atoms with Gasteiger partial charge >= 0.3 is 0 Å². The van der Waals surface area contributed by atoms with E-state index in [9.17, 15) is 25.2 Å². The number of methoxy groups -OCH3 is 1. The average Bonchev–Trinajstić information content (AvgIpc) is 2.95. The molecule has 4 N–H and O–H groups in total. The van der Waals surface area contributed by atoms with Crippen molar-refractivity contribution in [3.8, 4) is 28.4 Å². The number of aliphatic hydroxyl groups is 2. The summed E-state index contributed by atoms with van der Waals surface area (Å²) in [5, 5.41) is 44.1. The molecular formula is C32H38O6S2. The second-order valence-electron chi connectivity index (χ2n) is 11.1. The predicted octanol–water partition coefficient (Wildman–Crippen LogP) is 6.63.